The first kappa shape index (κ1) is 20.1. The lowest BCUT2D eigenvalue weighted by molar-refractivity contribution is -0.137. The van der Waals surface area contributed by atoms with E-state index in [4.69, 9.17) is 14.0 Å². The summed E-state index contributed by atoms with van der Waals surface area (Å²) in [4.78, 5) is 23.3. The van der Waals surface area contributed by atoms with Gasteiger partial charge in [-0.25, -0.2) is 9.59 Å². The van der Waals surface area contributed by atoms with Gasteiger partial charge >= 0.3 is 11.9 Å². The van der Waals surface area contributed by atoms with Crippen molar-refractivity contribution in [2.45, 2.75) is 4.90 Å². The molecule has 2 rings (SSSR count). The van der Waals surface area contributed by atoms with Gasteiger partial charge < -0.3 is 9.47 Å². The maximum atomic E-state index is 12.0. The summed E-state index contributed by atoms with van der Waals surface area (Å²) in [5.41, 5.74) is 0.339. The zero-order valence-electron chi connectivity index (χ0n) is 12.3. The van der Waals surface area contributed by atoms with E-state index < -0.39 is 28.7 Å². The first-order valence-electron chi connectivity index (χ1n) is 6.57. The Balaban J connectivity index is 1.93. The summed E-state index contributed by atoms with van der Waals surface area (Å²) in [5, 5.41) is 0. The van der Waals surface area contributed by atoms with Crippen LogP contribution in [0.4, 0.5) is 0 Å². The van der Waals surface area contributed by atoms with Crippen LogP contribution >= 0.6 is 45.2 Å². The molecule has 0 radical (unpaired) electrons. The molecule has 10 heteroatoms. The minimum Gasteiger partial charge on any atom is -0.450 e. The van der Waals surface area contributed by atoms with E-state index in [1.807, 2.05) is 22.6 Å². The van der Waals surface area contributed by atoms with Gasteiger partial charge in [0.15, 0.2) is 6.61 Å². The van der Waals surface area contributed by atoms with Crippen LogP contribution in [-0.2, 0) is 19.6 Å². The maximum Gasteiger partial charge on any atom is 0.349 e. The Morgan fingerprint density at radius 3 is 2.24 bits per heavy atom. The number of carbonyl (C=O) groups is 2. The molecule has 0 heterocycles. The fourth-order valence-electron chi connectivity index (χ4n) is 1.70. The Morgan fingerprint density at radius 2 is 1.68 bits per heavy atom. The second-order valence-electron chi connectivity index (χ2n) is 4.62. The van der Waals surface area contributed by atoms with Crippen molar-refractivity contribution in [3.63, 3.8) is 0 Å². The maximum absolute atomic E-state index is 12.0. The molecule has 0 aromatic heterocycles. The van der Waals surface area contributed by atoms with Crippen LogP contribution in [0.15, 0.2) is 47.4 Å². The summed E-state index contributed by atoms with van der Waals surface area (Å²) in [5.74, 6) is -1.43. The average molecular weight is 588 g/mol. The number of rotatable bonds is 5. The lowest BCUT2D eigenvalue weighted by Crippen LogP contribution is -2.19. The number of hydrogen-bond donors (Lipinski definition) is 1. The largest absolute Gasteiger partial charge is 0.450 e. The van der Waals surface area contributed by atoms with Crippen LogP contribution in [0.3, 0.4) is 0 Å². The average Bonchev–Trinajstić information content (AvgIpc) is 2.52. The van der Waals surface area contributed by atoms with Crippen molar-refractivity contribution in [3.05, 3.63) is 55.2 Å². The fourth-order valence-corrected chi connectivity index (χ4v) is 4.00. The Labute approximate surface area is 170 Å². The zero-order valence-corrected chi connectivity index (χ0v) is 17.4. The molecule has 0 aliphatic heterocycles. The molecular formula is C15H10I2O7S. The van der Waals surface area contributed by atoms with Crippen LogP contribution in [0.1, 0.15) is 10.4 Å². The zero-order chi connectivity index (χ0) is 18.6. The van der Waals surface area contributed by atoms with Crippen molar-refractivity contribution in [2.75, 3.05) is 6.61 Å². The topological polar surface area (TPSA) is 107 Å². The molecule has 0 aliphatic carbocycles. The van der Waals surface area contributed by atoms with E-state index in [0.29, 0.717) is 9.13 Å². The summed E-state index contributed by atoms with van der Waals surface area (Å²) >= 11 is 4.11. The van der Waals surface area contributed by atoms with Gasteiger partial charge in [0.05, 0.1) is 10.5 Å². The molecule has 132 valence electrons. The third kappa shape index (κ3) is 5.90. The van der Waals surface area contributed by atoms with Crippen molar-refractivity contribution in [2.24, 2.45) is 0 Å². The van der Waals surface area contributed by atoms with Crippen molar-refractivity contribution < 1.29 is 32.0 Å². The molecule has 0 unspecified atom stereocenters. The predicted molar refractivity (Wildman–Crippen MR) is 104 cm³/mol. The molecule has 0 aliphatic rings. The highest BCUT2D eigenvalue weighted by Crippen LogP contribution is 2.18. The van der Waals surface area contributed by atoms with Crippen LogP contribution in [0, 0.1) is 7.14 Å². The van der Waals surface area contributed by atoms with Crippen molar-refractivity contribution in [1.82, 2.24) is 0 Å². The van der Waals surface area contributed by atoms with Gasteiger partial charge in [-0.2, -0.15) is 8.42 Å². The van der Waals surface area contributed by atoms with Crippen LogP contribution in [0.25, 0.3) is 0 Å². The van der Waals surface area contributed by atoms with Crippen LogP contribution in [0.5, 0.6) is 5.75 Å². The summed E-state index contributed by atoms with van der Waals surface area (Å²) in [6, 6.07) is 9.71. The molecule has 2 aromatic rings. The Morgan fingerprint density at radius 1 is 1.04 bits per heavy atom. The van der Waals surface area contributed by atoms with Gasteiger partial charge in [-0.3, -0.25) is 4.55 Å². The Hall–Kier alpha value is -1.25. The second kappa shape index (κ2) is 8.42. The van der Waals surface area contributed by atoms with Crippen molar-refractivity contribution in [1.29, 1.82) is 0 Å². The molecule has 25 heavy (non-hydrogen) atoms. The Bertz CT molecular complexity index is 908. The monoisotopic (exact) mass is 588 g/mol. The molecule has 0 fully saturated rings. The van der Waals surface area contributed by atoms with Gasteiger partial charge in [0, 0.05) is 7.14 Å². The highest BCUT2D eigenvalue weighted by atomic mass is 127. The van der Waals surface area contributed by atoms with Gasteiger partial charge in [0.2, 0.25) is 0 Å². The lowest BCUT2D eigenvalue weighted by Gasteiger charge is -2.07. The van der Waals surface area contributed by atoms with E-state index in [-0.39, 0.29) is 10.6 Å². The second-order valence-corrected chi connectivity index (χ2v) is 8.45. The van der Waals surface area contributed by atoms with E-state index in [1.54, 1.807) is 18.2 Å². The molecular weight excluding hydrogens is 578 g/mol. The number of benzene rings is 2. The van der Waals surface area contributed by atoms with E-state index >= 15 is 0 Å². The van der Waals surface area contributed by atoms with E-state index in [9.17, 15) is 18.0 Å². The van der Waals surface area contributed by atoms with Gasteiger partial charge in [-0.15, -0.1) is 0 Å². The quantitative estimate of drug-likeness (QED) is 0.248. The number of hydrogen-bond acceptors (Lipinski definition) is 6. The number of ether oxygens (including phenoxy) is 2. The third-order valence-corrected chi connectivity index (χ3v) is 5.26. The standard InChI is InChI=1S/C15H10I2O7S/c16-9-1-6-12(13(17)7-9)15(19)23-8-14(18)24-10-2-4-11(5-3-10)25(20,21)22/h1-7H,8H2,(H,20,21,22). The molecule has 0 spiro atoms. The third-order valence-electron chi connectivity index (χ3n) is 2.83. The summed E-state index contributed by atoms with van der Waals surface area (Å²) in [6.07, 6.45) is 0. The van der Waals surface area contributed by atoms with Crippen molar-refractivity contribution >= 4 is 67.2 Å². The summed E-state index contributed by atoms with van der Waals surface area (Å²) < 4.78 is 42.2. The lowest BCUT2D eigenvalue weighted by atomic mass is 10.2. The van der Waals surface area contributed by atoms with E-state index in [2.05, 4.69) is 22.6 Å². The van der Waals surface area contributed by atoms with Gasteiger partial charge in [-0.1, -0.05) is 0 Å². The van der Waals surface area contributed by atoms with Gasteiger partial charge in [0.25, 0.3) is 10.1 Å². The van der Waals surface area contributed by atoms with Crippen LogP contribution in [0.2, 0.25) is 0 Å². The molecule has 2 aromatic carbocycles. The minimum absolute atomic E-state index is 0.0531. The smallest absolute Gasteiger partial charge is 0.349 e. The molecule has 0 amide bonds. The molecule has 0 saturated carbocycles. The first-order chi connectivity index (χ1) is 11.7. The molecule has 1 N–H and O–H groups in total. The molecule has 0 atom stereocenters. The van der Waals surface area contributed by atoms with Crippen LogP contribution in [-0.4, -0.2) is 31.5 Å². The van der Waals surface area contributed by atoms with Crippen molar-refractivity contribution in [3.8, 4) is 5.75 Å². The summed E-state index contributed by atoms with van der Waals surface area (Å²) in [7, 11) is -4.32. The number of carbonyl (C=O) groups excluding carboxylic acids is 2. The summed E-state index contributed by atoms with van der Waals surface area (Å²) in [6.45, 7) is -0.596. The molecule has 0 bridgehead atoms. The fraction of sp³-hybridized carbons (Fsp3) is 0.0667. The first-order valence-corrected chi connectivity index (χ1v) is 10.2. The van der Waals surface area contributed by atoms with E-state index in [0.717, 1.165) is 15.7 Å². The highest BCUT2D eigenvalue weighted by Gasteiger charge is 2.15. The highest BCUT2D eigenvalue weighted by molar-refractivity contribution is 14.1. The van der Waals surface area contributed by atoms with E-state index in [1.165, 1.54) is 12.1 Å². The number of esters is 2. The number of halogens is 2. The minimum atomic E-state index is -4.32. The molecule has 0 saturated heterocycles. The van der Waals surface area contributed by atoms with Gasteiger partial charge in [0.1, 0.15) is 5.75 Å². The van der Waals surface area contributed by atoms with Crippen LogP contribution < -0.4 is 4.74 Å². The predicted octanol–water partition coefficient (Wildman–Crippen LogP) is 2.90. The molecule has 7 nitrogen and oxygen atoms in total. The van der Waals surface area contributed by atoms with Gasteiger partial charge in [-0.05, 0) is 87.6 Å². The SMILES string of the molecule is O=C(COC(=O)c1ccc(I)cc1I)Oc1ccc(S(=O)(=O)O)cc1. The Kier molecular flexibility index (Phi) is 6.76. The normalized spacial score (nSPS) is 11.0.